The second kappa shape index (κ2) is 7.41. The summed E-state index contributed by atoms with van der Waals surface area (Å²) >= 11 is 3.40. The molecule has 4 heteroatoms. The summed E-state index contributed by atoms with van der Waals surface area (Å²) < 4.78 is 11.8. The fourth-order valence-corrected chi connectivity index (χ4v) is 3.31. The Hall–Kier alpha value is -0.870. The van der Waals surface area contributed by atoms with Crippen molar-refractivity contribution in [1.82, 2.24) is 0 Å². The Morgan fingerprint density at radius 3 is 2.67 bits per heavy atom. The molecular weight excluding hydrogens is 332 g/mol. The molecule has 3 unspecified atom stereocenters. The van der Waals surface area contributed by atoms with Crippen molar-refractivity contribution in [3.05, 3.63) is 28.2 Å². The van der Waals surface area contributed by atoms with E-state index < -0.39 is 0 Å². The Bertz CT molecular complexity index is 501. The lowest BCUT2D eigenvalue weighted by Gasteiger charge is -2.31. The average Bonchev–Trinajstić information content (AvgIpc) is 2.48. The molecule has 116 valence electrons. The number of methoxy groups -OCH3 is 1. The Balaban J connectivity index is 1.88. The fourth-order valence-electron chi connectivity index (χ4n) is 2.77. The number of halogens is 1. The average molecular weight is 355 g/mol. The van der Waals surface area contributed by atoms with E-state index in [0.717, 1.165) is 29.0 Å². The number of rotatable bonds is 5. The highest BCUT2D eigenvalue weighted by Gasteiger charge is 2.25. The van der Waals surface area contributed by atoms with Gasteiger partial charge in [-0.2, -0.15) is 0 Å². The number of carbonyl (C=O) groups is 1. The van der Waals surface area contributed by atoms with Gasteiger partial charge >= 0.3 is 0 Å². The first-order valence-electron chi connectivity index (χ1n) is 7.49. The third-order valence-electron chi connectivity index (χ3n) is 4.47. The van der Waals surface area contributed by atoms with Crippen LogP contribution >= 0.6 is 15.9 Å². The van der Waals surface area contributed by atoms with Gasteiger partial charge in [0.15, 0.2) is 5.78 Å². The zero-order chi connectivity index (χ0) is 15.4. The molecule has 0 heterocycles. The molecule has 0 amide bonds. The highest BCUT2D eigenvalue weighted by Crippen LogP contribution is 2.31. The van der Waals surface area contributed by atoms with E-state index in [-0.39, 0.29) is 18.5 Å². The summed E-state index contributed by atoms with van der Waals surface area (Å²) in [6.07, 6.45) is 3.53. The number of hydrogen-bond acceptors (Lipinski definition) is 3. The molecule has 0 bridgehead atoms. The molecule has 1 aromatic carbocycles. The maximum Gasteiger partial charge on any atom is 0.188 e. The summed E-state index contributed by atoms with van der Waals surface area (Å²) in [5.74, 6) is 2.18. The van der Waals surface area contributed by atoms with Crippen molar-refractivity contribution in [3.63, 3.8) is 0 Å². The first kappa shape index (κ1) is 16.5. The third-order valence-corrected chi connectivity index (χ3v) is 5.09. The molecule has 3 atom stereocenters. The van der Waals surface area contributed by atoms with Gasteiger partial charge in [-0.15, -0.1) is 0 Å². The molecule has 0 aliphatic heterocycles. The van der Waals surface area contributed by atoms with Crippen LogP contribution in [0.1, 0.15) is 43.5 Å². The molecule has 0 saturated heterocycles. The molecule has 2 rings (SSSR count). The number of carbonyl (C=O) groups excluding carboxylic acids is 1. The van der Waals surface area contributed by atoms with Gasteiger partial charge in [0.1, 0.15) is 12.4 Å². The SMILES string of the molecule is COc1ccc(C(=O)COC2CCC(C)C(C)C2)cc1Br. The van der Waals surface area contributed by atoms with Gasteiger partial charge in [-0.25, -0.2) is 0 Å². The van der Waals surface area contributed by atoms with Crippen LogP contribution in [-0.2, 0) is 4.74 Å². The maximum atomic E-state index is 12.2. The standard InChI is InChI=1S/C17H23BrO3/c1-11-4-6-14(8-12(11)2)21-10-16(19)13-5-7-17(20-3)15(18)9-13/h5,7,9,11-12,14H,4,6,8,10H2,1-3H3. The molecule has 1 aliphatic carbocycles. The van der Waals surface area contributed by atoms with Crippen molar-refractivity contribution in [2.45, 2.75) is 39.2 Å². The number of ketones is 1. The van der Waals surface area contributed by atoms with Crippen LogP contribution in [0.25, 0.3) is 0 Å². The predicted octanol–water partition coefficient (Wildman–Crippen LogP) is 4.48. The molecule has 1 fully saturated rings. The van der Waals surface area contributed by atoms with Crippen LogP contribution < -0.4 is 4.74 Å². The van der Waals surface area contributed by atoms with Crippen molar-refractivity contribution >= 4 is 21.7 Å². The molecule has 0 spiro atoms. The number of benzene rings is 1. The van der Waals surface area contributed by atoms with Gasteiger partial charge in [0.25, 0.3) is 0 Å². The monoisotopic (exact) mass is 354 g/mol. The van der Waals surface area contributed by atoms with Crippen LogP contribution in [0.15, 0.2) is 22.7 Å². The Morgan fingerprint density at radius 1 is 1.29 bits per heavy atom. The summed E-state index contributed by atoms with van der Waals surface area (Å²) in [6.45, 7) is 4.72. The molecule has 1 saturated carbocycles. The second-order valence-corrected chi connectivity index (χ2v) is 6.83. The zero-order valence-corrected chi connectivity index (χ0v) is 14.5. The van der Waals surface area contributed by atoms with Gasteiger partial charge in [-0.1, -0.05) is 13.8 Å². The molecule has 1 aromatic rings. The van der Waals surface area contributed by atoms with Gasteiger partial charge in [0.05, 0.1) is 17.7 Å². The fraction of sp³-hybridized carbons (Fsp3) is 0.588. The van der Waals surface area contributed by atoms with Crippen molar-refractivity contribution in [2.24, 2.45) is 11.8 Å². The summed E-state index contributed by atoms with van der Waals surface area (Å²) in [5, 5.41) is 0. The van der Waals surface area contributed by atoms with Gasteiger partial charge in [0, 0.05) is 5.56 Å². The van der Waals surface area contributed by atoms with Crippen LogP contribution in [0.5, 0.6) is 5.75 Å². The number of hydrogen-bond donors (Lipinski definition) is 0. The van der Waals surface area contributed by atoms with E-state index in [0.29, 0.717) is 11.5 Å². The third kappa shape index (κ3) is 4.30. The summed E-state index contributed by atoms with van der Waals surface area (Å²) in [4.78, 5) is 12.2. The number of ether oxygens (including phenoxy) is 2. The molecule has 21 heavy (non-hydrogen) atoms. The quantitative estimate of drug-likeness (QED) is 0.731. The lowest BCUT2D eigenvalue weighted by molar-refractivity contribution is 0.00707. The molecule has 0 N–H and O–H groups in total. The van der Waals surface area contributed by atoms with Gasteiger partial charge in [-0.3, -0.25) is 4.79 Å². The van der Waals surface area contributed by atoms with Crippen LogP contribution in [0.2, 0.25) is 0 Å². The second-order valence-electron chi connectivity index (χ2n) is 5.97. The van der Waals surface area contributed by atoms with Gasteiger partial charge in [-0.05, 0) is 65.2 Å². The van der Waals surface area contributed by atoms with Crippen molar-refractivity contribution in [3.8, 4) is 5.75 Å². The first-order chi connectivity index (χ1) is 10.0. The van der Waals surface area contributed by atoms with Crippen molar-refractivity contribution < 1.29 is 14.3 Å². The van der Waals surface area contributed by atoms with E-state index in [1.165, 1.54) is 6.42 Å². The van der Waals surface area contributed by atoms with E-state index in [9.17, 15) is 4.79 Å². The summed E-state index contributed by atoms with van der Waals surface area (Å²) in [6, 6.07) is 5.36. The van der Waals surface area contributed by atoms with Gasteiger partial charge < -0.3 is 9.47 Å². The van der Waals surface area contributed by atoms with E-state index in [1.807, 2.05) is 0 Å². The van der Waals surface area contributed by atoms with E-state index in [2.05, 4.69) is 29.8 Å². The van der Waals surface area contributed by atoms with E-state index >= 15 is 0 Å². The minimum absolute atomic E-state index is 0.0182. The molecule has 3 nitrogen and oxygen atoms in total. The predicted molar refractivity (Wildman–Crippen MR) is 86.9 cm³/mol. The van der Waals surface area contributed by atoms with Crippen LogP contribution in [0.4, 0.5) is 0 Å². The highest BCUT2D eigenvalue weighted by molar-refractivity contribution is 9.10. The lowest BCUT2D eigenvalue weighted by atomic mass is 9.80. The highest BCUT2D eigenvalue weighted by atomic mass is 79.9. The Kier molecular flexibility index (Phi) is 5.82. The van der Waals surface area contributed by atoms with Crippen molar-refractivity contribution in [1.29, 1.82) is 0 Å². The van der Waals surface area contributed by atoms with E-state index in [4.69, 9.17) is 9.47 Å². The van der Waals surface area contributed by atoms with Crippen LogP contribution in [-0.4, -0.2) is 25.6 Å². The van der Waals surface area contributed by atoms with E-state index in [1.54, 1.807) is 25.3 Å². The minimum atomic E-state index is 0.0182. The molecular formula is C17H23BrO3. The number of Topliss-reactive ketones (excluding diaryl/α,β-unsaturated/α-hetero) is 1. The maximum absolute atomic E-state index is 12.2. The smallest absolute Gasteiger partial charge is 0.188 e. The molecule has 0 radical (unpaired) electrons. The molecule has 1 aliphatic rings. The summed E-state index contributed by atoms with van der Waals surface area (Å²) in [7, 11) is 1.61. The summed E-state index contributed by atoms with van der Waals surface area (Å²) in [5.41, 5.74) is 0.653. The molecule has 0 aromatic heterocycles. The van der Waals surface area contributed by atoms with Crippen molar-refractivity contribution in [2.75, 3.05) is 13.7 Å². The van der Waals surface area contributed by atoms with Crippen LogP contribution in [0.3, 0.4) is 0 Å². The Morgan fingerprint density at radius 2 is 2.05 bits per heavy atom. The largest absolute Gasteiger partial charge is 0.496 e. The van der Waals surface area contributed by atoms with Gasteiger partial charge in [0.2, 0.25) is 0 Å². The Labute approximate surface area is 135 Å². The first-order valence-corrected chi connectivity index (χ1v) is 8.29. The van der Waals surface area contributed by atoms with Crippen LogP contribution in [0, 0.1) is 11.8 Å². The lowest BCUT2D eigenvalue weighted by Crippen LogP contribution is -2.28. The zero-order valence-electron chi connectivity index (χ0n) is 12.9. The normalized spacial score (nSPS) is 25.6. The minimum Gasteiger partial charge on any atom is -0.496 e. The topological polar surface area (TPSA) is 35.5 Å².